The molecule has 2 fully saturated rings. The van der Waals surface area contributed by atoms with E-state index in [1.807, 2.05) is 116 Å². The van der Waals surface area contributed by atoms with Gasteiger partial charge in [0.05, 0.1) is 89.4 Å². The highest BCUT2D eigenvalue weighted by atomic mass is 16.6. The van der Waals surface area contributed by atoms with Crippen molar-refractivity contribution in [1.29, 1.82) is 0 Å². The normalized spacial score (nSPS) is 13.7. The van der Waals surface area contributed by atoms with Crippen molar-refractivity contribution in [3.63, 3.8) is 0 Å². The monoisotopic (exact) mass is 1700 g/mol. The van der Waals surface area contributed by atoms with Crippen LogP contribution in [0.2, 0.25) is 0 Å². The van der Waals surface area contributed by atoms with Crippen molar-refractivity contribution in [3.8, 4) is 107 Å². The second-order valence-corrected chi connectivity index (χ2v) is 33.4. The van der Waals surface area contributed by atoms with Gasteiger partial charge in [-0.15, -0.1) is 0 Å². The van der Waals surface area contributed by atoms with Gasteiger partial charge in [0.2, 0.25) is 0 Å². The van der Waals surface area contributed by atoms with Crippen LogP contribution in [0.25, 0.3) is 201 Å². The summed E-state index contributed by atoms with van der Waals surface area (Å²) in [5.41, 5.74) is 31.9. The number of nitrogens with one attached hydrogen (secondary N) is 9. The van der Waals surface area contributed by atoms with E-state index in [4.69, 9.17) is 39.5 Å². The third-order valence-corrected chi connectivity index (χ3v) is 24.8. The topological polar surface area (TPSA) is 290 Å². The van der Waals surface area contributed by atoms with E-state index in [0.717, 1.165) is 255 Å². The summed E-state index contributed by atoms with van der Waals surface area (Å²) in [7, 11) is 2.18. The molecule has 0 atom stereocenters. The number of pyridine rings is 1. The number of likely N-dealkylation sites (tertiary alicyclic amines) is 1. The molecular formula is C107H92N20O3. The summed E-state index contributed by atoms with van der Waals surface area (Å²) >= 11 is 0. The molecule has 0 unspecified atom stereocenters. The van der Waals surface area contributed by atoms with E-state index in [0.29, 0.717) is 18.8 Å². The molecule has 2 aliphatic heterocycles. The number of imidazole rings is 7. The molecule has 0 amide bonds. The summed E-state index contributed by atoms with van der Waals surface area (Å²) in [5, 5.41) is 6.68. The zero-order valence-electron chi connectivity index (χ0n) is 72.0. The predicted molar refractivity (Wildman–Crippen MR) is 524 cm³/mol. The quantitative estimate of drug-likeness (QED) is 0.0303. The number of nitrogens with zero attached hydrogens (tertiary/aromatic N) is 11. The van der Waals surface area contributed by atoms with Crippen LogP contribution in [0.4, 0.5) is 5.69 Å². The number of aromatic amines is 9. The molecule has 130 heavy (non-hydrogen) atoms. The fourth-order valence-corrected chi connectivity index (χ4v) is 18.0. The number of fused-ring (bicyclic) bond motifs is 13. The highest BCUT2D eigenvalue weighted by Crippen LogP contribution is 2.40. The zero-order chi connectivity index (χ0) is 87.1. The number of aromatic nitrogens is 16. The molecule has 25 rings (SSSR count). The van der Waals surface area contributed by atoms with Gasteiger partial charge in [-0.25, -0.2) is 34.9 Å². The lowest BCUT2D eigenvalue weighted by Gasteiger charge is -2.34. The molecule has 0 radical (unpaired) electrons. The van der Waals surface area contributed by atoms with Crippen LogP contribution in [-0.2, 0) is 11.3 Å². The Hall–Kier alpha value is -16.1. The van der Waals surface area contributed by atoms with Gasteiger partial charge in [-0.05, 0) is 237 Å². The molecule has 23 nitrogen and oxygen atoms in total. The molecule has 3 aliphatic rings. The van der Waals surface area contributed by atoms with Crippen molar-refractivity contribution in [2.24, 2.45) is 5.16 Å². The number of para-hydroxylation sites is 1. The van der Waals surface area contributed by atoms with E-state index >= 15 is 0 Å². The molecular weight excluding hydrogens is 1610 g/mol. The number of aryl methyl sites for hydroxylation is 1. The van der Waals surface area contributed by atoms with Crippen molar-refractivity contribution in [2.75, 3.05) is 71.0 Å². The van der Waals surface area contributed by atoms with Gasteiger partial charge in [-0.2, -0.15) is 0 Å². The maximum absolute atomic E-state index is 12.8. The molecule has 13 aromatic carbocycles. The first kappa shape index (κ1) is 79.8. The van der Waals surface area contributed by atoms with Gasteiger partial charge in [-0.1, -0.05) is 139 Å². The molecule has 0 bridgehead atoms. The average molecular weight is 1710 g/mol. The van der Waals surface area contributed by atoms with Crippen LogP contribution in [0.3, 0.4) is 0 Å². The fourth-order valence-electron chi connectivity index (χ4n) is 18.0. The van der Waals surface area contributed by atoms with E-state index in [9.17, 15) is 4.79 Å². The molecule has 0 spiro atoms. The molecule has 9 aromatic heterocycles. The Morgan fingerprint density at radius 1 is 0.362 bits per heavy atom. The highest BCUT2D eigenvalue weighted by molar-refractivity contribution is 6.29. The molecule has 2 saturated heterocycles. The number of likely N-dealkylation sites (N-methyl/N-ethyl adjacent to an activating group) is 1. The van der Waals surface area contributed by atoms with Crippen molar-refractivity contribution in [3.05, 3.63) is 319 Å². The third-order valence-electron chi connectivity index (χ3n) is 24.8. The summed E-state index contributed by atoms with van der Waals surface area (Å²) < 4.78 is 5.55. The average Bonchev–Trinajstić information content (AvgIpc) is 1.58. The van der Waals surface area contributed by atoms with E-state index in [1.54, 1.807) is 0 Å². The van der Waals surface area contributed by atoms with Gasteiger partial charge in [0.15, 0.2) is 0 Å². The van der Waals surface area contributed by atoms with Gasteiger partial charge in [0, 0.05) is 112 Å². The molecule has 0 saturated carbocycles. The van der Waals surface area contributed by atoms with Crippen molar-refractivity contribution in [1.82, 2.24) is 89.5 Å². The van der Waals surface area contributed by atoms with Crippen molar-refractivity contribution < 1.29 is 9.57 Å². The maximum atomic E-state index is 12.8. The Labute approximate surface area is 746 Å². The maximum Gasteiger partial charge on any atom is 0.257 e. The number of hydrogen-bond donors (Lipinski definition) is 9. The standard InChI is InChI=1S/C30H24N6.C28H19N5.C27H28N6O.C22H21N3O2/c1-2-6-28-31-22-13-10-20(16-25(22)32-28)29-34-24-14-11-21(17-27(24)36-29)30-33-23-12-9-19(15-26(23)35-30)18-7-4-3-5-8-18;1-2-4-17(5-3-1)19-8-10-22-25(14-19)32-28(30-22)21-9-11-23-26(16-21)33-27(31-23)20-7-6-18-12-13-29-24(18)15-20;1-3-34-21-8-4-18(5-9-21)26-28-22-10-6-19(16-24(22)30-26)27-29-23-11-7-20(17-25(23)31-27)33-14-12-32(2)13-15-33;26-22-20-15-7-1-2-8-16(15)21(24-27-14-13-25-11-5-6-12-25)19(20)17-9-3-4-10-18(17)23-22/h3-5,7-17H,2,6H2,1H3,(H,31,32)(H,33,35)(H,34,36);1-16,29H,(H,30,32)(H,31,33);4-11,16-17H,3,12-15H2,1-2H3,(H,28,30)(H,29,31);1-4,7-10H,5-6,11-14H2,(H,23,26)/b;;;24-21+. The number of piperazine rings is 1. The summed E-state index contributed by atoms with van der Waals surface area (Å²) in [5.74, 6) is 6.99. The van der Waals surface area contributed by atoms with Gasteiger partial charge in [-0.3, -0.25) is 9.69 Å². The Bertz CT molecular complexity index is 8030. The molecule has 1 aliphatic carbocycles. The number of rotatable bonds is 17. The lowest BCUT2D eigenvalue weighted by atomic mass is 10.0. The number of anilines is 1. The summed E-state index contributed by atoms with van der Waals surface area (Å²) in [6.07, 6.45) is 6.51. The van der Waals surface area contributed by atoms with Gasteiger partial charge in [0.25, 0.3) is 5.56 Å². The first-order chi connectivity index (χ1) is 64.0. The van der Waals surface area contributed by atoms with Crippen LogP contribution in [-0.4, -0.2) is 161 Å². The summed E-state index contributed by atoms with van der Waals surface area (Å²) in [4.78, 5) is 89.9. The number of hydrogen-bond acceptors (Lipinski definition) is 14. The number of ether oxygens (including phenoxy) is 1. The number of H-pyrrole nitrogens is 9. The zero-order valence-corrected chi connectivity index (χ0v) is 72.0. The largest absolute Gasteiger partial charge is 0.494 e. The van der Waals surface area contributed by atoms with Crippen molar-refractivity contribution in [2.45, 2.75) is 39.5 Å². The Morgan fingerprint density at radius 2 is 0.792 bits per heavy atom. The Kier molecular flexibility index (Phi) is 21.3. The number of oxime groups is 1. The Balaban J connectivity index is 0.000000102. The smallest absolute Gasteiger partial charge is 0.257 e. The van der Waals surface area contributed by atoms with Crippen LogP contribution >= 0.6 is 0 Å². The van der Waals surface area contributed by atoms with E-state index in [1.165, 1.54) is 46.2 Å². The first-order valence-electron chi connectivity index (χ1n) is 44.5. The summed E-state index contributed by atoms with van der Waals surface area (Å²) in [6, 6.07) is 97.1. The van der Waals surface area contributed by atoms with Crippen molar-refractivity contribution >= 4 is 110 Å². The molecule has 638 valence electrons. The van der Waals surface area contributed by atoms with Gasteiger partial charge >= 0.3 is 0 Å². The highest BCUT2D eigenvalue weighted by Gasteiger charge is 2.31. The van der Waals surface area contributed by atoms with E-state index in [2.05, 4.69) is 266 Å². The van der Waals surface area contributed by atoms with Gasteiger partial charge < -0.3 is 64.2 Å². The third kappa shape index (κ3) is 16.1. The predicted octanol–water partition coefficient (Wildman–Crippen LogP) is 22.5. The number of benzene rings is 13. The molecule has 22 aromatic rings. The fraction of sp³-hybridized carbons (Fsp3) is 0.150. The second-order valence-electron chi connectivity index (χ2n) is 33.4. The van der Waals surface area contributed by atoms with Gasteiger partial charge in [0.1, 0.15) is 58.8 Å². The SMILES string of the molecule is CCCc1nc2ccc(-c3nc4ccc(-c5nc6ccc(-c7ccccc7)cc6[nH]5)cc4[nH]3)cc2[nH]1.CCOc1ccc(-c2nc3ccc(-c4nc5ccc(N6CCN(C)CC6)cc5[nH]4)cc3[nH]2)cc1.O=c1[nH]c2ccccc2c2c1-c1ccccc1/C2=N\OCCN1CCCC1.c1ccc(-c2ccc3nc(-c4ccc5nc(-c6ccc7cc[nH]c7c6)[nH]c5c4)[nH]c3c2)cc1. The molecule has 23 heteroatoms. The minimum absolute atomic E-state index is 0.0848. The van der Waals surface area contributed by atoms with E-state index < -0.39 is 0 Å². The van der Waals surface area contributed by atoms with Crippen LogP contribution in [0.1, 0.15) is 50.1 Å². The van der Waals surface area contributed by atoms with Crippen LogP contribution in [0.5, 0.6) is 5.75 Å². The second kappa shape index (κ2) is 34.7. The van der Waals surface area contributed by atoms with Crippen LogP contribution in [0.15, 0.2) is 301 Å². The Morgan fingerprint density at radius 3 is 1.32 bits per heavy atom. The van der Waals surface area contributed by atoms with Crippen LogP contribution < -0.4 is 15.2 Å². The van der Waals surface area contributed by atoms with E-state index in [-0.39, 0.29) is 5.56 Å². The first-order valence-corrected chi connectivity index (χ1v) is 44.5. The summed E-state index contributed by atoms with van der Waals surface area (Å²) in [6.45, 7) is 12.8. The minimum atomic E-state index is -0.0848. The minimum Gasteiger partial charge on any atom is -0.494 e. The lowest BCUT2D eigenvalue weighted by Crippen LogP contribution is -2.44. The van der Waals surface area contributed by atoms with Crippen LogP contribution in [0, 0.1) is 0 Å². The molecule has 9 N–H and O–H groups in total. The lowest BCUT2D eigenvalue weighted by molar-refractivity contribution is 0.119. The molecule has 11 heterocycles.